The van der Waals surface area contributed by atoms with Crippen LogP contribution >= 0.6 is 0 Å². The number of methoxy groups -OCH3 is 1. The maximum atomic E-state index is 11.9. The largest absolute Gasteiger partial charge is 0.393 e. The summed E-state index contributed by atoms with van der Waals surface area (Å²) in [4.78, 5) is 35.8. The van der Waals surface area contributed by atoms with Gasteiger partial charge in [-0.05, 0) is 6.92 Å². The van der Waals surface area contributed by atoms with E-state index in [0.29, 0.717) is 0 Å². The zero-order valence-electron chi connectivity index (χ0n) is 11.4. The van der Waals surface area contributed by atoms with Crippen molar-refractivity contribution in [3.8, 4) is 0 Å². The molecule has 0 radical (unpaired) electrons. The Bertz CT molecular complexity index is 652. The van der Waals surface area contributed by atoms with E-state index in [9.17, 15) is 24.8 Å². The molecule has 0 unspecified atom stereocenters. The molecule has 1 aliphatic rings. The minimum atomic E-state index is -1.32. The summed E-state index contributed by atoms with van der Waals surface area (Å²) in [6.45, 7) is 0.902. The normalized spacial score (nSPS) is 28.7. The van der Waals surface area contributed by atoms with E-state index >= 15 is 0 Å². The van der Waals surface area contributed by atoms with Crippen molar-refractivity contribution in [3.05, 3.63) is 42.7 Å². The average Bonchev–Trinajstić information content (AvgIpc) is 2.81. The first-order valence-electron chi connectivity index (χ1n) is 6.15. The van der Waals surface area contributed by atoms with Crippen LogP contribution in [0.3, 0.4) is 0 Å². The number of hydrogen-bond acceptors (Lipinski definition) is 7. The Kier molecular flexibility index (Phi) is 4.21. The van der Waals surface area contributed by atoms with E-state index in [2.05, 4.69) is 4.98 Å². The molecule has 0 amide bonds. The maximum Gasteiger partial charge on any atom is 0.330 e. The first-order chi connectivity index (χ1) is 9.90. The van der Waals surface area contributed by atoms with E-state index in [1.54, 1.807) is 0 Å². The van der Waals surface area contributed by atoms with Crippen molar-refractivity contribution in [2.24, 2.45) is 0 Å². The highest BCUT2D eigenvalue weighted by atomic mass is 16.7. The van der Waals surface area contributed by atoms with Crippen LogP contribution in [0.1, 0.15) is 11.8 Å². The summed E-state index contributed by atoms with van der Waals surface area (Å²) in [6, 6.07) is -1.32. The summed E-state index contributed by atoms with van der Waals surface area (Å²) < 4.78 is 11.5. The van der Waals surface area contributed by atoms with Gasteiger partial charge in [0.25, 0.3) is 11.6 Å². The number of aliphatic hydroxyl groups excluding tert-OH is 1. The Morgan fingerprint density at radius 2 is 2.24 bits per heavy atom. The van der Waals surface area contributed by atoms with Gasteiger partial charge >= 0.3 is 5.69 Å². The first kappa shape index (κ1) is 15.4. The SMILES string of the molecule is CO[C@@H]1[C@H]([N+](=O)[O-])[C@@H](CO)O[C@H]1n1cc(C)c(=O)[nH]c1=O. The molecule has 116 valence electrons. The average molecular weight is 301 g/mol. The van der Waals surface area contributed by atoms with Crippen molar-refractivity contribution < 1.29 is 19.5 Å². The van der Waals surface area contributed by atoms with Gasteiger partial charge in [0.15, 0.2) is 18.4 Å². The fraction of sp³-hybridized carbons (Fsp3) is 0.636. The van der Waals surface area contributed by atoms with Gasteiger partial charge in [-0.2, -0.15) is 0 Å². The Morgan fingerprint density at radius 3 is 2.76 bits per heavy atom. The second kappa shape index (κ2) is 5.76. The zero-order valence-corrected chi connectivity index (χ0v) is 11.4. The van der Waals surface area contributed by atoms with Crippen LogP contribution in [-0.4, -0.2) is 51.5 Å². The highest BCUT2D eigenvalue weighted by Crippen LogP contribution is 2.31. The smallest absolute Gasteiger partial charge is 0.330 e. The number of nitro groups is 1. The third-order valence-electron chi connectivity index (χ3n) is 3.43. The topological polar surface area (TPSA) is 137 Å². The molecule has 2 heterocycles. The lowest BCUT2D eigenvalue weighted by molar-refractivity contribution is -0.537. The summed E-state index contributed by atoms with van der Waals surface area (Å²) in [5, 5.41) is 20.3. The summed E-state index contributed by atoms with van der Waals surface area (Å²) in [6.07, 6.45) is -2.03. The highest BCUT2D eigenvalue weighted by molar-refractivity contribution is 5.03. The van der Waals surface area contributed by atoms with Crippen molar-refractivity contribution in [3.63, 3.8) is 0 Å². The number of aromatic amines is 1. The van der Waals surface area contributed by atoms with Gasteiger partial charge in [-0.3, -0.25) is 24.5 Å². The number of aliphatic hydroxyl groups is 1. The lowest BCUT2D eigenvalue weighted by Gasteiger charge is -2.19. The number of hydrogen-bond donors (Lipinski definition) is 2. The van der Waals surface area contributed by atoms with E-state index in [0.717, 1.165) is 4.57 Å². The van der Waals surface area contributed by atoms with Crippen LogP contribution < -0.4 is 11.2 Å². The van der Waals surface area contributed by atoms with Crippen LogP contribution in [0, 0.1) is 17.0 Å². The Morgan fingerprint density at radius 1 is 1.57 bits per heavy atom. The maximum absolute atomic E-state index is 11.9. The molecule has 4 atom stereocenters. The minimum absolute atomic E-state index is 0.248. The van der Waals surface area contributed by atoms with Crippen molar-refractivity contribution in [2.75, 3.05) is 13.7 Å². The van der Waals surface area contributed by atoms with Gasteiger partial charge in [0.2, 0.25) is 0 Å². The zero-order chi connectivity index (χ0) is 15.7. The quantitative estimate of drug-likeness (QED) is 0.504. The van der Waals surface area contributed by atoms with Crippen LogP contribution in [0.15, 0.2) is 15.8 Å². The molecular formula is C11H15N3O7. The molecule has 0 spiro atoms. The molecule has 0 saturated carbocycles. The molecule has 10 nitrogen and oxygen atoms in total. The fourth-order valence-corrected chi connectivity index (χ4v) is 2.38. The molecule has 1 aliphatic heterocycles. The summed E-state index contributed by atoms with van der Waals surface area (Å²) in [7, 11) is 1.25. The third kappa shape index (κ3) is 2.60. The number of aryl methyl sites for hydroxylation is 1. The van der Waals surface area contributed by atoms with Crippen molar-refractivity contribution in [2.45, 2.75) is 31.4 Å². The molecule has 2 N–H and O–H groups in total. The predicted molar refractivity (Wildman–Crippen MR) is 68.6 cm³/mol. The van der Waals surface area contributed by atoms with Gasteiger partial charge in [-0.15, -0.1) is 0 Å². The standard InChI is InChI=1S/C11H15N3O7/c1-5-3-13(11(17)12-9(5)16)10-8(20-2)7(14(18)19)6(4-15)21-10/h3,6-8,10,15H,4H2,1-2H3,(H,12,16,17)/t6-,7-,8-,10-/m1/s1. The Hall–Kier alpha value is -2.04. The van der Waals surface area contributed by atoms with E-state index in [-0.39, 0.29) is 5.56 Å². The van der Waals surface area contributed by atoms with E-state index < -0.39 is 47.3 Å². The first-order valence-corrected chi connectivity index (χ1v) is 6.15. The van der Waals surface area contributed by atoms with Crippen LogP contribution in [0.2, 0.25) is 0 Å². The summed E-state index contributed by atoms with van der Waals surface area (Å²) in [5.41, 5.74) is -1.07. The van der Waals surface area contributed by atoms with Gasteiger partial charge in [0.1, 0.15) is 0 Å². The van der Waals surface area contributed by atoms with Gasteiger partial charge in [0.05, 0.1) is 6.61 Å². The third-order valence-corrected chi connectivity index (χ3v) is 3.43. The molecule has 1 saturated heterocycles. The number of nitrogens with one attached hydrogen (secondary N) is 1. The van der Waals surface area contributed by atoms with Crippen molar-refractivity contribution in [1.82, 2.24) is 9.55 Å². The van der Waals surface area contributed by atoms with Crippen molar-refractivity contribution >= 4 is 0 Å². The molecule has 10 heteroatoms. The van der Waals surface area contributed by atoms with Crippen LogP contribution in [0.5, 0.6) is 0 Å². The van der Waals surface area contributed by atoms with Gasteiger partial charge in [0, 0.05) is 23.8 Å². The summed E-state index contributed by atoms with van der Waals surface area (Å²) >= 11 is 0. The molecule has 1 aromatic heterocycles. The Labute approximate surface area is 118 Å². The second-order valence-corrected chi connectivity index (χ2v) is 4.70. The fourth-order valence-electron chi connectivity index (χ4n) is 2.38. The number of ether oxygens (including phenoxy) is 2. The molecule has 1 fully saturated rings. The van der Waals surface area contributed by atoms with Gasteiger partial charge in [-0.25, -0.2) is 4.79 Å². The number of nitrogens with zero attached hydrogens (tertiary/aromatic N) is 2. The molecule has 0 aromatic carbocycles. The van der Waals surface area contributed by atoms with E-state index in [1.165, 1.54) is 20.2 Å². The monoisotopic (exact) mass is 301 g/mol. The molecule has 0 aliphatic carbocycles. The summed E-state index contributed by atoms with van der Waals surface area (Å²) in [5.74, 6) is 0. The van der Waals surface area contributed by atoms with E-state index in [4.69, 9.17) is 9.47 Å². The molecule has 2 rings (SSSR count). The van der Waals surface area contributed by atoms with Gasteiger partial charge < -0.3 is 14.6 Å². The number of H-pyrrole nitrogens is 1. The van der Waals surface area contributed by atoms with Gasteiger partial charge in [-0.1, -0.05) is 0 Å². The lowest BCUT2D eigenvalue weighted by Crippen LogP contribution is -2.43. The minimum Gasteiger partial charge on any atom is -0.393 e. The molecule has 0 bridgehead atoms. The number of rotatable bonds is 4. The number of aromatic nitrogens is 2. The predicted octanol–water partition coefficient (Wildman–Crippen LogP) is -1.60. The highest BCUT2D eigenvalue weighted by Gasteiger charge is 2.53. The van der Waals surface area contributed by atoms with Crippen LogP contribution in [0.25, 0.3) is 0 Å². The second-order valence-electron chi connectivity index (χ2n) is 4.70. The molecule has 1 aromatic rings. The molecule has 21 heavy (non-hydrogen) atoms. The van der Waals surface area contributed by atoms with Crippen molar-refractivity contribution in [1.29, 1.82) is 0 Å². The Balaban J connectivity index is 2.49. The lowest BCUT2D eigenvalue weighted by atomic mass is 10.1. The van der Waals surface area contributed by atoms with E-state index in [1.807, 2.05) is 0 Å². The molecular weight excluding hydrogens is 286 g/mol. The van der Waals surface area contributed by atoms with Crippen LogP contribution in [0.4, 0.5) is 0 Å². The van der Waals surface area contributed by atoms with Crippen LogP contribution in [-0.2, 0) is 9.47 Å².